The maximum absolute atomic E-state index is 5.84. The van der Waals surface area contributed by atoms with E-state index < -0.39 is 8.38 Å². The topological polar surface area (TPSA) is 27.7 Å². The first-order chi connectivity index (χ1) is 6.67. The minimum absolute atomic E-state index is 0.234. The highest BCUT2D eigenvalue weighted by molar-refractivity contribution is 7.46. The standard InChI is InChI=1S/C9H20BO3P/c1-4-7-8(6-9(10)12-7)13-14(3)11-5-2/h7-9H,4-6,10H2,1-3H3. The third-order valence-corrected chi connectivity index (χ3v) is 3.57. The minimum Gasteiger partial charge on any atom is -0.381 e. The molecule has 0 bridgehead atoms. The minimum atomic E-state index is -0.723. The predicted molar refractivity (Wildman–Crippen MR) is 61.5 cm³/mol. The Labute approximate surface area is 88.8 Å². The second-order valence-electron chi connectivity index (χ2n) is 3.63. The van der Waals surface area contributed by atoms with Crippen molar-refractivity contribution in [2.24, 2.45) is 0 Å². The quantitative estimate of drug-likeness (QED) is 0.517. The third-order valence-electron chi connectivity index (χ3n) is 2.38. The Balaban J connectivity index is 2.35. The molecule has 3 nitrogen and oxygen atoms in total. The summed E-state index contributed by atoms with van der Waals surface area (Å²) in [4.78, 5) is 0. The first-order valence-electron chi connectivity index (χ1n) is 5.36. The van der Waals surface area contributed by atoms with E-state index in [0.717, 1.165) is 19.4 Å². The lowest BCUT2D eigenvalue weighted by Crippen LogP contribution is -2.22. The van der Waals surface area contributed by atoms with Gasteiger partial charge >= 0.3 is 0 Å². The summed E-state index contributed by atoms with van der Waals surface area (Å²) in [7, 11) is 1.38. The van der Waals surface area contributed by atoms with Crippen LogP contribution >= 0.6 is 8.38 Å². The molecule has 0 aromatic heterocycles. The SMILES string of the molecule is BC1CC(OP(C)OCC)C(CC)O1. The average Bonchev–Trinajstić information content (AvgIpc) is 2.46. The number of hydrogen-bond acceptors (Lipinski definition) is 3. The van der Waals surface area contributed by atoms with Crippen LogP contribution in [-0.4, -0.2) is 39.3 Å². The Morgan fingerprint density at radius 3 is 2.79 bits per heavy atom. The molecule has 0 radical (unpaired) electrons. The predicted octanol–water partition coefficient (Wildman–Crippen LogP) is 1.51. The zero-order valence-electron chi connectivity index (χ0n) is 9.53. The van der Waals surface area contributed by atoms with Crippen LogP contribution in [-0.2, 0) is 13.8 Å². The number of ether oxygens (including phenoxy) is 1. The highest BCUT2D eigenvalue weighted by atomic mass is 31.2. The molecule has 0 amide bonds. The van der Waals surface area contributed by atoms with Crippen LogP contribution in [0.2, 0.25) is 0 Å². The van der Waals surface area contributed by atoms with Crippen LogP contribution < -0.4 is 0 Å². The molecule has 82 valence electrons. The highest BCUT2D eigenvalue weighted by Crippen LogP contribution is 2.39. The van der Waals surface area contributed by atoms with E-state index >= 15 is 0 Å². The fourth-order valence-electron chi connectivity index (χ4n) is 1.79. The summed E-state index contributed by atoms with van der Waals surface area (Å²) in [5.41, 5.74) is 0. The molecule has 0 N–H and O–H groups in total. The summed E-state index contributed by atoms with van der Waals surface area (Å²) in [6, 6.07) is 0.329. The lowest BCUT2D eigenvalue weighted by Gasteiger charge is -2.21. The number of hydrogen-bond donors (Lipinski definition) is 0. The summed E-state index contributed by atoms with van der Waals surface area (Å²) in [5, 5.41) is 0. The Morgan fingerprint density at radius 1 is 1.50 bits per heavy atom. The summed E-state index contributed by atoms with van der Waals surface area (Å²) in [6.45, 7) is 6.86. The summed E-state index contributed by atoms with van der Waals surface area (Å²) in [6.07, 6.45) is 2.51. The van der Waals surface area contributed by atoms with Gasteiger partial charge in [0, 0.05) is 12.7 Å². The van der Waals surface area contributed by atoms with Crippen molar-refractivity contribution in [3.05, 3.63) is 0 Å². The molecule has 5 heteroatoms. The van der Waals surface area contributed by atoms with E-state index in [2.05, 4.69) is 14.8 Å². The Bertz CT molecular complexity index is 170. The maximum Gasteiger partial charge on any atom is 0.167 e. The van der Waals surface area contributed by atoms with E-state index in [1.54, 1.807) is 0 Å². The van der Waals surface area contributed by atoms with Crippen molar-refractivity contribution < 1.29 is 13.8 Å². The molecule has 1 heterocycles. The number of rotatable bonds is 5. The van der Waals surface area contributed by atoms with Crippen LogP contribution in [0.25, 0.3) is 0 Å². The van der Waals surface area contributed by atoms with Crippen LogP contribution in [0.1, 0.15) is 26.7 Å². The molecular weight excluding hydrogens is 198 g/mol. The molecule has 0 aromatic rings. The third kappa shape index (κ3) is 3.50. The van der Waals surface area contributed by atoms with Gasteiger partial charge in [-0.1, -0.05) is 6.92 Å². The zero-order chi connectivity index (χ0) is 10.6. The molecule has 1 aliphatic heterocycles. The van der Waals surface area contributed by atoms with E-state index in [1.165, 1.54) is 0 Å². The largest absolute Gasteiger partial charge is 0.381 e. The molecule has 4 atom stereocenters. The van der Waals surface area contributed by atoms with Crippen LogP contribution in [0.3, 0.4) is 0 Å². The normalized spacial score (nSPS) is 34.6. The van der Waals surface area contributed by atoms with Crippen molar-refractivity contribution in [3.8, 4) is 0 Å². The van der Waals surface area contributed by atoms with E-state index in [4.69, 9.17) is 13.8 Å². The highest BCUT2D eigenvalue weighted by Gasteiger charge is 2.33. The van der Waals surface area contributed by atoms with E-state index in [1.807, 2.05) is 13.6 Å². The molecule has 0 aromatic carbocycles. The van der Waals surface area contributed by atoms with E-state index in [0.29, 0.717) is 6.00 Å². The average molecular weight is 218 g/mol. The summed E-state index contributed by atoms with van der Waals surface area (Å²) in [5.74, 6) is 0. The fraction of sp³-hybridized carbons (Fsp3) is 1.00. The van der Waals surface area contributed by atoms with Gasteiger partial charge in [-0.25, -0.2) is 0 Å². The van der Waals surface area contributed by atoms with Gasteiger partial charge in [-0.3, -0.25) is 0 Å². The zero-order valence-corrected chi connectivity index (χ0v) is 10.4. The van der Waals surface area contributed by atoms with Gasteiger partial charge in [0.05, 0.1) is 18.8 Å². The van der Waals surface area contributed by atoms with Gasteiger partial charge in [-0.05, 0) is 19.8 Å². The van der Waals surface area contributed by atoms with E-state index in [-0.39, 0.29) is 12.2 Å². The first-order valence-corrected chi connectivity index (χ1v) is 6.98. The second kappa shape index (κ2) is 6.07. The Morgan fingerprint density at radius 2 is 2.21 bits per heavy atom. The van der Waals surface area contributed by atoms with Gasteiger partial charge in [-0.2, -0.15) is 0 Å². The smallest absolute Gasteiger partial charge is 0.167 e. The van der Waals surface area contributed by atoms with Crippen molar-refractivity contribution in [2.45, 2.75) is 44.9 Å². The van der Waals surface area contributed by atoms with Crippen molar-refractivity contribution in [2.75, 3.05) is 13.3 Å². The van der Waals surface area contributed by atoms with Crippen LogP contribution in [0.5, 0.6) is 0 Å². The van der Waals surface area contributed by atoms with Crippen LogP contribution in [0, 0.1) is 0 Å². The van der Waals surface area contributed by atoms with Crippen molar-refractivity contribution in [3.63, 3.8) is 0 Å². The lowest BCUT2D eigenvalue weighted by molar-refractivity contribution is 0.0391. The van der Waals surface area contributed by atoms with Gasteiger partial charge in [0.15, 0.2) is 8.38 Å². The molecule has 1 aliphatic rings. The van der Waals surface area contributed by atoms with Crippen LogP contribution in [0.15, 0.2) is 0 Å². The fourth-order valence-corrected chi connectivity index (χ4v) is 2.82. The van der Waals surface area contributed by atoms with Gasteiger partial charge in [0.25, 0.3) is 0 Å². The summed E-state index contributed by atoms with van der Waals surface area (Å²) < 4.78 is 17.0. The Kier molecular flexibility index (Phi) is 5.39. The molecule has 14 heavy (non-hydrogen) atoms. The summed E-state index contributed by atoms with van der Waals surface area (Å²) >= 11 is 0. The monoisotopic (exact) mass is 218 g/mol. The second-order valence-corrected chi connectivity index (χ2v) is 4.98. The molecule has 0 aliphatic carbocycles. The lowest BCUT2D eigenvalue weighted by atomic mass is 9.96. The first kappa shape index (κ1) is 12.4. The molecule has 4 unspecified atom stereocenters. The van der Waals surface area contributed by atoms with Gasteiger partial charge < -0.3 is 13.8 Å². The van der Waals surface area contributed by atoms with Crippen molar-refractivity contribution in [1.82, 2.24) is 0 Å². The van der Waals surface area contributed by atoms with Gasteiger partial charge in [0.2, 0.25) is 0 Å². The molecule has 0 spiro atoms. The molecular formula is C9H20BO3P. The molecule has 1 rings (SSSR count). The maximum atomic E-state index is 5.84. The van der Waals surface area contributed by atoms with E-state index in [9.17, 15) is 0 Å². The van der Waals surface area contributed by atoms with Crippen LogP contribution in [0.4, 0.5) is 0 Å². The molecule has 1 fully saturated rings. The van der Waals surface area contributed by atoms with Gasteiger partial charge in [-0.15, -0.1) is 0 Å². The molecule has 0 saturated carbocycles. The van der Waals surface area contributed by atoms with Crippen molar-refractivity contribution >= 4 is 16.2 Å². The van der Waals surface area contributed by atoms with Crippen molar-refractivity contribution in [1.29, 1.82) is 0 Å². The van der Waals surface area contributed by atoms with Gasteiger partial charge in [0.1, 0.15) is 7.85 Å². The molecule has 1 saturated heterocycles. The Hall–Kier alpha value is 0.375.